The van der Waals surface area contributed by atoms with Crippen LogP contribution in [0.1, 0.15) is 5.56 Å². The fraction of sp³-hybridized carbons (Fsp3) is 0.167. The van der Waals surface area contributed by atoms with Crippen molar-refractivity contribution >= 4 is 17.9 Å². The van der Waals surface area contributed by atoms with Gasteiger partial charge in [0.2, 0.25) is 0 Å². The molecule has 1 aromatic rings. The lowest BCUT2D eigenvalue weighted by Gasteiger charge is -2.18. The smallest absolute Gasteiger partial charge is 0.416 e. The van der Waals surface area contributed by atoms with Crippen LogP contribution in [0.2, 0.25) is 0 Å². The molecule has 0 unspecified atom stereocenters. The maximum atomic E-state index is 11.7. The van der Waals surface area contributed by atoms with E-state index in [9.17, 15) is 9.59 Å². The van der Waals surface area contributed by atoms with E-state index < -0.39 is 18.6 Å². The molecule has 1 N–H and O–H groups in total. The van der Waals surface area contributed by atoms with E-state index in [1.165, 1.54) is 24.4 Å². The predicted molar refractivity (Wildman–Crippen MR) is 65.5 cm³/mol. The molecular weight excluding hydrogens is 250 g/mol. The van der Waals surface area contributed by atoms with Crippen molar-refractivity contribution in [3.05, 3.63) is 36.5 Å². The maximum absolute atomic E-state index is 11.7. The molecule has 7 heteroatoms. The number of nitriles is 1. The molecule has 1 rings (SSSR count). The minimum atomic E-state index is -1.21. The molecule has 0 saturated carbocycles. The van der Waals surface area contributed by atoms with Gasteiger partial charge in [-0.15, -0.1) is 0 Å². The standard InChI is InChI=1S/C12H11N3O4/c1-2-5-19-12(18)15(8-11(16)17)10-4-3-9(6-13)7-14-10/h2-4,7H,1,5,8H2,(H,16,17). The van der Waals surface area contributed by atoms with Gasteiger partial charge in [-0.05, 0) is 12.1 Å². The Morgan fingerprint density at radius 1 is 1.58 bits per heavy atom. The summed E-state index contributed by atoms with van der Waals surface area (Å²) in [6.07, 6.45) is 1.76. The van der Waals surface area contributed by atoms with Gasteiger partial charge in [-0.25, -0.2) is 9.78 Å². The molecule has 0 aliphatic rings. The van der Waals surface area contributed by atoms with Gasteiger partial charge in [0.15, 0.2) is 0 Å². The molecule has 7 nitrogen and oxygen atoms in total. The van der Waals surface area contributed by atoms with Gasteiger partial charge in [0.1, 0.15) is 25.0 Å². The number of hydrogen-bond donors (Lipinski definition) is 1. The zero-order valence-corrected chi connectivity index (χ0v) is 9.94. The first-order chi connectivity index (χ1) is 9.08. The fourth-order valence-corrected chi connectivity index (χ4v) is 1.19. The van der Waals surface area contributed by atoms with Gasteiger partial charge in [0.05, 0.1) is 5.56 Å². The van der Waals surface area contributed by atoms with Crippen LogP contribution in [0.3, 0.4) is 0 Å². The molecule has 0 radical (unpaired) electrons. The maximum Gasteiger partial charge on any atom is 0.416 e. The fourth-order valence-electron chi connectivity index (χ4n) is 1.19. The lowest BCUT2D eigenvalue weighted by molar-refractivity contribution is -0.135. The van der Waals surface area contributed by atoms with Gasteiger partial charge in [-0.1, -0.05) is 12.7 Å². The average Bonchev–Trinajstić information content (AvgIpc) is 2.42. The second-order valence-electron chi connectivity index (χ2n) is 3.36. The Balaban J connectivity index is 2.94. The first-order valence-corrected chi connectivity index (χ1v) is 5.21. The number of pyridine rings is 1. The number of amides is 1. The van der Waals surface area contributed by atoms with Crippen LogP contribution in [0, 0.1) is 11.3 Å². The van der Waals surface area contributed by atoms with Crippen LogP contribution in [-0.2, 0) is 9.53 Å². The van der Waals surface area contributed by atoms with E-state index in [-0.39, 0.29) is 12.4 Å². The number of nitrogens with zero attached hydrogens (tertiary/aromatic N) is 3. The first kappa shape index (κ1) is 14.2. The highest BCUT2D eigenvalue weighted by Gasteiger charge is 2.21. The van der Waals surface area contributed by atoms with E-state index in [1.54, 1.807) is 0 Å². The molecule has 0 aromatic carbocycles. The molecule has 0 fully saturated rings. The second-order valence-corrected chi connectivity index (χ2v) is 3.36. The molecule has 1 aromatic heterocycles. The van der Waals surface area contributed by atoms with Crippen LogP contribution in [0.25, 0.3) is 0 Å². The van der Waals surface area contributed by atoms with Crippen molar-refractivity contribution in [2.75, 3.05) is 18.1 Å². The molecule has 1 amide bonds. The summed E-state index contributed by atoms with van der Waals surface area (Å²) in [5.41, 5.74) is 0.304. The summed E-state index contributed by atoms with van der Waals surface area (Å²) in [5, 5.41) is 17.4. The zero-order valence-electron chi connectivity index (χ0n) is 9.94. The van der Waals surface area contributed by atoms with Crippen LogP contribution in [0.5, 0.6) is 0 Å². The Kier molecular flexibility index (Phi) is 5.04. The largest absolute Gasteiger partial charge is 0.480 e. The van der Waals surface area contributed by atoms with Crippen LogP contribution in [0.4, 0.5) is 10.6 Å². The Labute approximate surface area is 109 Å². The van der Waals surface area contributed by atoms with E-state index in [2.05, 4.69) is 11.6 Å². The molecule has 0 aliphatic heterocycles. The number of aromatic nitrogens is 1. The minimum Gasteiger partial charge on any atom is -0.480 e. The van der Waals surface area contributed by atoms with E-state index >= 15 is 0 Å². The van der Waals surface area contributed by atoms with Crippen molar-refractivity contribution < 1.29 is 19.4 Å². The third-order valence-corrected chi connectivity index (χ3v) is 1.99. The van der Waals surface area contributed by atoms with Gasteiger partial charge >= 0.3 is 12.1 Å². The molecule has 0 atom stereocenters. The highest BCUT2D eigenvalue weighted by molar-refractivity contribution is 5.92. The Morgan fingerprint density at radius 2 is 2.32 bits per heavy atom. The molecule has 1 heterocycles. The second kappa shape index (κ2) is 6.76. The molecule has 0 spiro atoms. The highest BCUT2D eigenvalue weighted by Crippen LogP contribution is 2.12. The summed E-state index contributed by atoms with van der Waals surface area (Å²) < 4.78 is 4.77. The third-order valence-electron chi connectivity index (χ3n) is 1.99. The number of rotatable bonds is 5. The van der Waals surface area contributed by atoms with Crippen LogP contribution in [-0.4, -0.2) is 35.3 Å². The molecule has 0 bridgehead atoms. The van der Waals surface area contributed by atoms with Crippen molar-refractivity contribution in [2.24, 2.45) is 0 Å². The predicted octanol–water partition coefficient (Wildman–Crippen LogP) is 1.17. The van der Waals surface area contributed by atoms with E-state index in [4.69, 9.17) is 15.1 Å². The zero-order chi connectivity index (χ0) is 14.3. The third kappa shape index (κ3) is 4.12. The SMILES string of the molecule is C=CCOC(=O)N(CC(=O)O)c1ccc(C#N)cn1. The first-order valence-electron chi connectivity index (χ1n) is 5.21. The number of carbonyl (C=O) groups excluding carboxylic acids is 1. The summed E-state index contributed by atoms with van der Waals surface area (Å²) in [6, 6.07) is 4.67. The van der Waals surface area contributed by atoms with Gasteiger partial charge in [-0.2, -0.15) is 5.26 Å². The monoisotopic (exact) mass is 261 g/mol. The van der Waals surface area contributed by atoms with Gasteiger partial charge < -0.3 is 9.84 Å². The van der Waals surface area contributed by atoms with E-state index in [1.807, 2.05) is 6.07 Å². The summed E-state index contributed by atoms with van der Waals surface area (Å²) in [4.78, 5) is 27.1. The number of carbonyl (C=O) groups is 2. The van der Waals surface area contributed by atoms with Crippen LogP contribution in [0.15, 0.2) is 31.0 Å². The Hall–Kier alpha value is -2.88. The van der Waals surface area contributed by atoms with Crippen molar-refractivity contribution in [2.45, 2.75) is 0 Å². The average molecular weight is 261 g/mol. The van der Waals surface area contributed by atoms with Gasteiger partial charge in [-0.3, -0.25) is 9.69 Å². The molecule has 98 valence electrons. The molecular formula is C12H11N3O4. The van der Waals surface area contributed by atoms with Crippen molar-refractivity contribution in [1.29, 1.82) is 5.26 Å². The van der Waals surface area contributed by atoms with Gasteiger partial charge in [0.25, 0.3) is 0 Å². The van der Waals surface area contributed by atoms with Crippen molar-refractivity contribution in [1.82, 2.24) is 4.98 Å². The summed E-state index contributed by atoms with van der Waals surface area (Å²) >= 11 is 0. The summed E-state index contributed by atoms with van der Waals surface area (Å²) in [6.45, 7) is 2.76. The Bertz CT molecular complexity index is 519. The normalized spacial score (nSPS) is 9.21. The summed E-state index contributed by atoms with van der Waals surface area (Å²) in [5.74, 6) is -1.11. The number of ether oxygens (including phenoxy) is 1. The van der Waals surface area contributed by atoms with Crippen molar-refractivity contribution in [3.8, 4) is 6.07 Å². The molecule has 19 heavy (non-hydrogen) atoms. The highest BCUT2D eigenvalue weighted by atomic mass is 16.6. The van der Waals surface area contributed by atoms with Crippen molar-refractivity contribution in [3.63, 3.8) is 0 Å². The number of aliphatic carboxylic acids is 1. The van der Waals surface area contributed by atoms with Gasteiger partial charge in [0, 0.05) is 6.20 Å². The van der Waals surface area contributed by atoms with Crippen LogP contribution < -0.4 is 4.90 Å². The Morgan fingerprint density at radius 3 is 2.79 bits per heavy atom. The van der Waals surface area contributed by atoms with E-state index in [0.29, 0.717) is 5.56 Å². The molecule has 0 saturated heterocycles. The number of carboxylic acid groups (broad SMARTS) is 1. The van der Waals surface area contributed by atoms with E-state index in [0.717, 1.165) is 4.90 Å². The minimum absolute atomic E-state index is 0.0365. The van der Waals surface area contributed by atoms with Crippen LogP contribution >= 0.6 is 0 Å². The number of hydrogen-bond acceptors (Lipinski definition) is 5. The number of carboxylic acids is 1. The lowest BCUT2D eigenvalue weighted by Crippen LogP contribution is -2.36. The quantitative estimate of drug-likeness (QED) is 0.798. The topological polar surface area (TPSA) is 104 Å². The molecule has 0 aliphatic carbocycles. The number of anilines is 1. The lowest BCUT2D eigenvalue weighted by atomic mass is 10.3. The summed E-state index contributed by atoms with van der Waals surface area (Å²) in [7, 11) is 0.